The van der Waals surface area contributed by atoms with Crippen molar-refractivity contribution in [2.24, 2.45) is 5.92 Å². The zero-order valence-corrected chi connectivity index (χ0v) is 10.1. The van der Waals surface area contributed by atoms with Gasteiger partial charge in [0.05, 0.1) is 0 Å². The normalized spacial score (nSPS) is 26.5. The van der Waals surface area contributed by atoms with Gasteiger partial charge in [0.2, 0.25) is 0 Å². The maximum atomic E-state index is 11.9. The lowest BCUT2D eigenvalue weighted by Gasteiger charge is -2.21. The molecule has 100 valence electrons. The molecule has 0 N–H and O–H groups in total. The predicted octanol–water partition coefficient (Wildman–Crippen LogP) is 1.39. The van der Waals surface area contributed by atoms with E-state index in [1.807, 2.05) is 0 Å². The lowest BCUT2D eigenvalue weighted by Crippen LogP contribution is -2.37. The van der Waals surface area contributed by atoms with Crippen molar-refractivity contribution in [2.45, 2.75) is 13.1 Å². The minimum Gasteiger partial charge on any atom is -0.440 e. The molecule has 0 bridgehead atoms. The minimum atomic E-state index is -4.52. The van der Waals surface area contributed by atoms with Gasteiger partial charge in [-0.2, -0.15) is 13.2 Å². The van der Waals surface area contributed by atoms with Crippen LogP contribution in [0, 0.1) is 5.92 Å². The smallest absolute Gasteiger partial charge is 0.422 e. The van der Waals surface area contributed by atoms with E-state index in [1.54, 1.807) is 6.92 Å². The summed E-state index contributed by atoms with van der Waals surface area (Å²) in [5.74, 6) is 0.742. The Morgan fingerprint density at radius 3 is 2.76 bits per heavy atom. The SMILES string of the molecule is C[C@@H]1CN(C(=O)OCC(F)(F)F)CC[S@@](=O)C1. The van der Waals surface area contributed by atoms with Crippen molar-refractivity contribution in [2.75, 3.05) is 31.2 Å². The molecular formula is C9H14F3NO3S. The average Bonchev–Trinajstić information content (AvgIpc) is 2.35. The van der Waals surface area contributed by atoms with Crippen molar-refractivity contribution in [3.05, 3.63) is 0 Å². The summed E-state index contributed by atoms with van der Waals surface area (Å²) < 4.78 is 51.1. The average molecular weight is 273 g/mol. The summed E-state index contributed by atoms with van der Waals surface area (Å²) in [5.41, 5.74) is 0. The molecule has 1 aliphatic heterocycles. The molecule has 0 aromatic carbocycles. The number of carbonyl (C=O) groups is 1. The van der Waals surface area contributed by atoms with Gasteiger partial charge in [0.25, 0.3) is 0 Å². The number of alkyl halides is 3. The fourth-order valence-electron chi connectivity index (χ4n) is 1.53. The Morgan fingerprint density at radius 2 is 2.18 bits per heavy atom. The number of amides is 1. The highest BCUT2D eigenvalue weighted by Crippen LogP contribution is 2.16. The molecular weight excluding hydrogens is 259 g/mol. The molecule has 0 aromatic rings. The number of ether oxygens (including phenoxy) is 1. The van der Waals surface area contributed by atoms with E-state index < -0.39 is 29.7 Å². The van der Waals surface area contributed by atoms with E-state index in [0.717, 1.165) is 0 Å². The quantitative estimate of drug-likeness (QED) is 0.725. The molecule has 1 amide bonds. The van der Waals surface area contributed by atoms with Gasteiger partial charge < -0.3 is 9.64 Å². The predicted molar refractivity (Wildman–Crippen MR) is 56.0 cm³/mol. The highest BCUT2D eigenvalue weighted by molar-refractivity contribution is 7.85. The Balaban J connectivity index is 2.48. The number of carbonyl (C=O) groups excluding carboxylic acids is 1. The number of hydrogen-bond donors (Lipinski definition) is 0. The van der Waals surface area contributed by atoms with Crippen LogP contribution in [-0.2, 0) is 15.5 Å². The third-order valence-corrected chi connectivity index (χ3v) is 3.79. The molecule has 0 spiro atoms. The Labute approximate surface area is 99.6 Å². The standard InChI is InChI=1S/C9H14F3NO3S/c1-7-4-13(2-3-17(15)5-7)8(14)16-6-9(10,11)12/h7H,2-6H2,1H3/t7-,17-/m1/s1. The molecule has 1 saturated heterocycles. The summed E-state index contributed by atoms with van der Waals surface area (Å²) in [4.78, 5) is 12.5. The Kier molecular flexibility index (Phi) is 4.79. The first-order valence-electron chi connectivity index (χ1n) is 5.11. The van der Waals surface area contributed by atoms with Crippen molar-refractivity contribution in [1.82, 2.24) is 4.90 Å². The molecule has 8 heteroatoms. The van der Waals surface area contributed by atoms with E-state index in [9.17, 15) is 22.2 Å². The highest BCUT2D eigenvalue weighted by atomic mass is 32.2. The maximum Gasteiger partial charge on any atom is 0.422 e. The third-order valence-electron chi connectivity index (χ3n) is 2.21. The second-order valence-corrected chi connectivity index (χ2v) is 5.65. The first kappa shape index (κ1) is 14.3. The minimum absolute atomic E-state index is 0.00299. The van der Waals surface area contributed by atoms with E-state index in [0.29, 0.717) is 5.75 Å². The van der Waals surface area contributed by atoms with Gasteiger partial charge in [-0.25, -0.2) is 4.79 Å². The zero-order valence-electron chi connectivity index (χ0n) is 9.33. The van der Waals surface area contributed by atoms with Crippen LogP contribution in [0.2, 0.25) is 0 Å². The van der Waals surface area contributed by atoms with Crippen LogP contribution in [0.4, 0.5) is 18.0 Å². The van der Waals surface area contributed by atoms with Crippen LogP contribution < -0.4 is 0 Å². The monoisotopic (exact) mass is 273 g/mol. The van der Waals surface area contributed by atoms with Gasteiger partial charge >= 0.3 is 12.3 Å². The van der Waals surface area contributed by atoms with Gasteiger partial charge in [0.1, 0.15) is 0 Å². The number of nitrogens with zero attached hydrogens (tertiary/aromatic N) is 1. The van der Waals surface area contributed by atoms with Crippen molar-refractivity contribution < 1.29 is 26.9 Å². The van der Waals surface area contributed by atoms with E-state index in [2.05, 4.69) is 4.74 Å². The first-order valence-corrected chi connectivity index (χ1v) is 6.60. The van der Waals surface area contributed by atoms with Crippen LogP contribution in [0.25, 0.3) is 0 Å². The van der Waals surface area contributed by atoms with Gasteiger partial charge in [-0.1, -0.05) is 6.92 Å². The van der Waals surface area contributed by atoms with Gasteiger partial charge in [-0.15, -0.1) is 0 Å². The van der Waals surface area contributed by atoms with Crippen molar-refractivity contribution in [1.29, 1.82) is 0 Å². The summed E-state index contributed by atoms with van der Waals surface area (Å²) in [5, 5.41) is 0. The highest BCUT2D eigenvalue weighted by Gasteiger charge is 2.31. The molecule has 0 saturated carbocycles. The van der Waals surface area contributed by atoms with E-state index >= 15 is 0 Å². The number of halogens is 3. The summed E-state index contributed by atoms with van der Waals surface area (Å²) in [6.45, 7) is 0.670. The van der Waals surface area contributed by atoms with Crippen LogP contribution in [0.5, 0.6) is 0 Å². The topological polar surface area (TPSA) is 46.6 Å². The summed E-state index contributed by atoms with van der Waals surface area (Å²) in [7, 11) is -1.02. The molecule has 2 atom stereocenters. The largest absolute Gasteiger partial charge is 0.440 e. The van der Waals surface area contributed by atoms with Crippen molar-refractivity contribution in [3.8, 4) is 0 Å². The summed E-state index contributed by atoms with van der Waals surface area (Å²) >= 11 is 0. The van der Waals surface area contributed by atoms with Crippen LogP contribution >= 0.6 is 0 Å². The number of hydrogen-bond acceptors (Lipinski definition) is 3. The zero-order chi connectivity index (χ0) is 13.1. The Bertz CT molecular complexity index is 308. The Hall–Kier alpha value is -0.790. The molecule has 1 rings (SSSR count). The van der Waals surface area contributed by atoms with Gasteiger partial charge in [0.15, 0.2) is 6.61 Å². The third kappa shape index (κ3) is 5.38. The molecule has 0 unspecified atom stereocenters. The first-order chi connectivity index (χ1) is 7.78. The summed E-state index contributed by atoms with van der Waals surface area (Å²) in [6, 6.07) is 0. The van der Waals surface area contributed by atoms with E-state index in [4.69, 9.17) is 0 Å². The second-order valence-electron chi connectivity index (χ2n) is 4.03. The molecule has 17 heavy (non-hydrogen) atoms. The fraction of sp³-hybridized carbons (Fsp3) is 0.889. The lowest BCUT2D eigenvalue weighted by molar-refractivity contribution is -0.162. The Morgan fingerprint density at radius 1 is 1.53 bits per heavy atom. The maximum absolute atomic E-state index is 11.9. The van der Waals surface area contributed by atoms with Crippen LogP contribution in [0.1, 0.15) is 6.92 Å². The van der Waals surface area contributed by atoms with Crippen LogP contribution in [-0.4, -0.2) is 52.6 Å². The van der Waals surface area contributed by atoms with Gasteiger partial charge in [-0.05, 0) is 5.92 Å². The number of rotatable bonds is 1. The summed E-state index contributed by atoms with van der Waals surface area (Å²) in [6.07, 6.45) is -5.51. The fourth-order valence-corrected chi connectivity index (χ4v) is 2.86. The second kappa shape index (κ2) is 5.70. The van der Waals surface area contributed by atoms with E-state index in [1.165, 1.54) is 4.90 Å². The lowest BCUT2D eigenvalue weighted by atomic mass is 10.2. The molecule has 1 aliphatic rings. The van der Waals surface area contributed by atoms with Gasteiger partial charge in [-0.3, -0.25) is 4.21 Å². The van der Waals surface area contributed by atoms with Crippen LogP contribution in [0.3, 0.4) is 0 Å². The molecule has 0 aromatic heterocycles. The molecule has 1 heterocycles. The van der Waals surface area contributed by atoms with E-state index in [-0.39, 0.29) is 24.8 Å². The molecule has 1 fully saturated rings. The van der Waals surface area contributed by atoms with Gasteiger partial charge in [0, 0.05) is 35.4 Å². The molecule has 0 radical (unpaired) electrons. The van der Waals surface area contributed by atoms with Crippen LogP contribution in [0.15, 0.2) is 0 Å². The van der Waals surface area contributed by atoms with Crippen molar-refractivity contribution in [3.63, 3.8) is 0 Å². The van der Waals surface area contributed by atoms with Crippen molar-refractivity contribution >= 4 is 16.9 Å². The molecule has 0 aliphatic carbocycles. The molecule has 4 nitrogen and oxygen atoms in total.